The SMILES string of the molecule is CCCCCCCC(=O)OC(CCCCC)COC(=O)C(C)(C)C. The summed E-state index contributed by atoms with van der Waals surface area (Å²) in [5, 5.41) is 0. The van der Waals surface area contributed by atoms with Crippen LogP contribution >= 0.6 is 0 Å². The molecule has 1 unspecified atom stereocenters. The van der Waals surface area contributed by atoms with Crippen molar-refractivity contribution in [1.29, 1.82) is 0 Å². The van der Waals surface area contributed by atoms with Gasteiger partial charge < -0.3 is 9.47 Å². The molecule has 0 amide bonds. The fourth-order valence-corrected chi connectivity index (χ4v) is 2.30. The minimum atomic E-state index is -0.531. The average Bonchev–Trinajstić information content (AvgIpc) is 2.51. The molecule has 142 valence electrons. The Hall–Kier alpha value is -1.06. The summed E-state index contributed by atoms with van der Waals surface area (Å²) in [5.41, 5.74) is -0.531. The lowest BCUT2D eigenvalue weighted by Gasteiger charge is -2.21. The van der Waals surface area contributed by atoms with Crippen molar-refractivity contribution in [2.75, 3.05) is 6.61 Å². The van der Waals surface area contributed by atoms with Crippen molar-refractivity contribution in [3.05, 3.63) is 0 Å². The molecule has 0 aliphatic rings. The summed E-state index contributed by atoms with van der Waals surface area (Å²) in [5.74, 6) is -0.418. The smallest absolute Gasteiger partial charge is 0.311 e. The van der Waals surface area contributed by atoms with Gasteiger partial charge in [-0.1, -0.05) is 52.4 Å². The van der Waals surface area contributed by atoms with E-state index in [1.54, 1.807) is 0 Å². The predicted octanol–water partition coefficient (Wildman–Crippen LogP) is 5.43. The maximum atomic E-state index is 12.0. The van der Waals surface area contributed by atoms with Crippen molar-refractivity contribution in [3.8, 4) is 0 Å². The first-order valence-corrected chi connectivity index (χ1v) is 9.68. The third-order valence-electron chi connectivity index (χ3n) is 3.92. The van der Waals surface area contributed by atoms with Crippen molar-refractivity contribution in [2.45, 2.75) is 105 Å². The number of ether oxygens (including phenoxy) is 2. The lowest BCUT2D eigenvalue weighted by molar-refractivity contribution is -0.164. The molecule has 0 aliphatic heterocycles. The molecule has 1 atom stereocenters. The van der Waals surface area contributed by atoms with Crippen LogP contribution in [0.2, 0.25) is 0 Å². The van der Waals surface area contributed by atoms with Gasteiger partial charge in [-0.2, -0.15) is 0 Å². The van der Waals surface area contributed by atoms with E-state index in [1.165, 1.54) is 19.3 Å². The van der Waals surface area contributed by atoms with Crippen LogP contribution in [-0.4, -0.2) is 24.6 Å². The number of unbranched alkanes of at least 4 members (excludes halogenated alkanes) is 6. The van der Waals surface area contributed by atoms with E-state index in [0.29, 0.717) is 6.42 Å². The second kappa shape index (κ2) is 13.3. The zero-order valence-corrected chi connectivity index (χ0v) is 16.5. The highest BCUT2D eigenvalue weighted by atomic mass is 16.6. The minimum Gasteiger partial charge on any atom is -0.461 e. The summed E-state index contributed by atoms with van der Waals surface area (Å²) in [6.45, 7) is 9.95. The Kier molecular flexibility index (Phi) is 12.7. The third-order valence-corrected chi connectivity index (χ3v) is 3.92. The Morgan fingerprint density at radius 2 is 1.46 bits per heavy atom. The molecule has 0 radical (unpaired) electrons. The van der Waals surface area contributed by atoms with Crippen LogP contribution in [-0.2, 0) is 19.1 Å². The molecule has 0 bridgehead atoms. The van der Waals surface area contributed by atoms with E-state index in [-0.39, 0.29) is 24.6 Å². The number of carbonyl (C=O) groups is 2. The molecule has 0 aromatic carbocycles. The fraction of sp³-hybridized carbons (Fsp3) is 0.900. The minimum absolute atomic E-state index is 0.167. The molecule has 0 aromatic heterocycles. The van der Waals surface area contributed by atoms with Crippen LogP contribution in [0, 0.1) is 5.41 Å². The van der Waals surface area contributed by atoms with Gasteiger partial charge in [0, 0.05) is 6.42 Å². The summed E-state index contributed by atoms with van der Waals surface area (Å²) >= 11 is 0. The number of esters is 2. The number of hydrogen-bond donors (Lipinski definition) is 0. The fourth-order valence-electron chi connectivity index (χ4n) is 2.30. The molecule has 0 saturated carbocycles. The van der Waals surface area contributed by atoms with Gasteiger partial charge in [0.05, 0.1) is 5.41 Å². The van der Waals surface area contributed by atoms with Crippen molar-refractivity contribution in [2.24, 2.45) is 5.41 Å². The normalized spacial score (nSPS) is 12.7. The average molecular weight is 343 g/mol. The van der Waals surface area contributed by atoms with E-state index >= 15 is 0 Å². The van der Waals surface area contributed by atoms with Crippen molar-refractivity contribution in [1.82, 2.24) is 0 Å². The third kappa shape index (κ3) is 12.4. The van der Waals surface area contributed by atoms with Crippen LogP contribution in [0.1, 0.15) is 98.8 Å². The molecule has 24 heavy (non-hydrogen) atoms. The van der Waals surface area contributed by atoms with Gasteiger partial charge in [-0.15, -0.1) is 0 Å². The summed E-state index contributed by atoms with van der Waals surface area (Å²) in [6, 6.07) is 0. The van der Waals surface area contributed by atoms with Gasteiger partial charge in [0.2, 0.25) is 0 Å². The van der Waals surface area contributed by atoms with E-state index in [9.17, 15) is 9.59 Å². The molecular weight excluding hydrogens is 304 g/mol. The molecule has 0 aromatic rings. The summed E-state index contributed by atoms with van der Waals surface area (Å²) in [4.78, 5) is 23.9. The Bertz CT molecular complexity index is 344. The maximum absolute atomic E-state index is 12.0. The highest BCUT2D eigenvalue weighted by Crippen LogP contribution is 2.17. The molecule has 0 saturated heterocycles. The van der Waals surface area contributed by atoms with E-state index in [2.05, 4.69) is 13.8 Å². The highest BCUT2D eigenvalue weighted by Gasteiger charge is 2.25. The van der Waals surface area contributed by atoms with Crippen molar-refractivity contribution >= 4 is 11.9 Å². The van der Waals surface area contributed by atoms with Crippen LogP contribution in [0.15, 0.2) is 0 Å². The molecule has 0 aliphatic carbocycles. The molecule has 0 heterocycles. The van der Waals surface area contributed by atoms with Crippen LogP contribution in [0.3, 0.4) is 0 Å². The van der Waals surface area contributed by atoms with Crippen LogP contribution < -0.4 is 0 Å². The predicted molar refractivity (Wildman–Crippen MR) is 97.8 cm³/mol. The van der Waals surface area contributed by atoms with Crippen molar-refractivity contribution in [3.63, 3.8) is 0 Å². The number of hydrogen-bond acceptors (Lipinski definition) is 4. The van der Waals surface area contributed by atoms with E-state index in [0.717, 1.165) is 38.5 Å². The van der Waals surface area contributed by atoms with Crippen LogP contribution in [0.25, 0.3) is 0 Å². The van der Waals surface area contributed by atoms with Gasteiger partial charge in [-0.05, 0) is 40.0 Å². The lowest BCUT2D eigenvalue weighted by Crippen LogP contribution is -2.30. The topological polar surface area (TPSA) is 52.6 Å². The quantitative estimate of drug-likeness (QED) is 0.331. The van der Waals surface area contributed by atoms with Gasteiger partial charge in [-0.25, -0.2) is 0 Å². The summed E-state index contributed by atoms with van der Waals surface area (Å²) < 4.78 is 10.9. The van der Waals surface area contributed by atoms with E-state index in [1.807, 2.05) is 20.8 Å². The molecule has 4 nitrogen and oxygen atoms in total. The second-order valence-electron chi connectivity index (χ2n) is 7.62. The van der Waals surface area contributed by atoms with Gasteiger partial charge in [0.15, 0.2) is 0 Å². The molecule has 0 fully saturated rings. The van der Waals surface area contributed by atoms with Crippen LogP contribution in [0.5, 0.6) is 0 Å². The molecular formula is C20H38O4. The largest absolute Gasteiger partial charge is 0.461 e. The van der Waals surface area contributed by atoms with Crippen LogP contribution in [0.4, 0.5) is 0 Å². The Labute approximate surface area is 148 Å². The van der Waals surface area contributed by atoms with Gasteiger partial charge in [0.1, 0.15) is 12.7 Å². The van der Waals surface area contributed by atoms with Crippen molar-refractivity contribution < 1.29 is 19.1 Å². The first-order valence-electron chi connectivity index (χ1n) is 9.68. The Morgan fingerprint density at radius 3 is 2.04 bits per heavy atom. The van der Waals surface area contributed by atoms with Gasteiger partial charge in [-0.3, -0.25) is 9.59 Å². The van der Waals surface area contributed by atoms with Gasteiger partial charge >= 0.3 is 11.9 Å². The van der Waals surface area contributed by atoms with Gasteiger partial charge in [0.25, 0.3) is 0 Å². The Balaban J connectivity index is 4.23. The first kappa shape index (κ1) is 22.9. The number of rotatable bonds is 13. The van der Waals surface area contributed by atoms with E-state index in [4.69, 9.17) is 9.47 Å². The standard InChI is InChI=1S/C20H38O4/c1-6-8-10-11-13-15-18(21)24-17(14-12-9-7-2)16-23-19(22)20(3,4)5/h17H,6-16H2,1-5H3. The number of carbonyl (C=O) groups excluding carboxylic acids is 2. The molecule has 0 spiro atoms. The summed E-state index contributed by atoms with van der Waals surface area (Å²) in [7, 11) is 0. The lowest BCUT2D eigenvalue weighted by atomic mass is 9.97. The highest BCUT2D eigenvalue weighted by molar-refractivity contribution is 5.75. The maximum Gasteiger partial charge on any atom is 0.311 e. The second-order valence-corrected chi connectivity index (χ2v) is 7.62. The first-order chi connectivity index (χ1) is 11.3. The Morgan fingerprint density at radius 1 is 0.875 bits per heavy atom. The molecule has 0 rings (SSSR count). The molecule has 0 N–H and O–H groups in total. The van der Waals surface area contributed by atoms with E-state index < -0.39 is 5.41 Å². The zero-order chi connectivity index (χ0) is 18.4. The molecule has 4 heteroatoms. The zero-order valence-electron chi connectivity index (χ0n) is 16.5. The monoisotopic (exact) mass is 342 g/mol. The summed E-state index contributed by atoms with van der Waals surface area (Å²) in [6.07, 6.45) is 9.63.